The standard InChI is InChI=1S/C14H12O3S/c15-14(16)11-5-4-6-12(9-11)17-10-18-13-7-2-1-3-8-13/h1-9H,10H2,(H,15,16). The maximum Gasteiger partial charge on any atom is 0.335 e. The van der Waals surface area contributed by atoms with Crippen molar-refractivity contribution in [1.82, 2.24) is 0 Å². The first-order valence-corrected chi connectivity index (χ1v) is 6.38. The molecule has 0 fully saturated rings. The fraction of sp³-hybridized carbons (Fsp3) is 0.0714. The van der Waals surface area contributed by atoms with Crippen LogP contribution in [-0.2, 0) is 0 Å². The number of aromatic carboxylic acids is 1. The fourth-order valence-corrected chi connectivity index (χ4v) is 2.08. The smallest absolute Gasteiger partial charge is 0.335 e. The van der Waals surface area contributed by atoms with E-state index in [1.54, 1.807) is 30.0 Å². The van der Waals surface area contributed by atoms with Gasteiger partial charge in [0.15, 0.2) is 0 Å². The van der Waals surface area contributed by atoms with Gasteiger partial charge in [0.05, 0.1) is 5.56 Å². The lowest BCUT2D eigenvalue weighted by Gasteiger charge is -2.06. The van der Waals surface area contributed by atoms with Crippen LogP contribution in [0, 0.1) is 0 Å². The Morgan fingerprint density at radius 2 is 1.89 bits per heavy atom. The van der Waals surface area contributed by atoms with Gasteiger partial charge < -0.3 is 9.84 Å². The van der Waals surface area contributed by atoms with Crippen molar-refractivity contribution in [3.05, 3.63) is 60.2 Å². The maximum absolute atomic E-state index is 10.8. The number of rotatable bonds is 5. The number of hydrogen-bond donors (Lipinski definition) is 1. The van der Waals surface area contributed by atoms with Gasteiger partial charge in [-0.25, -0.2) is 4.79 Å². The molecular weight excluding hydrogens is 248 g/mol. The molecule has 0 aliphatic heterocycles. The molecule has 0 radical (unpaired) electrons. The Morgan fingerprint density at radius 1 is 1.11 bits per heavy atom. The fourth-order valence-electron chi connectivity index (χ4n) is 1.40. The molecule has 2 aromatic rings. The highest BCUT2D eigenvalue weighted by Gasteiger charge is 2.03. The quantitative estimate of drug-likeness (QED) is 0.660. The lowest BCUT2D eigenvalue weighted by Crippen LogP contribution is -1.98. The van der Waals surface area contributed by atoms with Crippen molar-refractivity contribution in [2.24, 2.45) is 0 Å². The third kappa shape index (κ3) is 3.53. The number of hydrogen-bond acceptors (Lipinski definition) is 3. The van der Waals surface area contributed by atoms with Crippen molar-refractivity contribution in [3.63, 3.8) is 0 Å². The normalized spacial score (nSPS) is 10.0. The molecule has 0 aromatic heterocycles. The number of benzene rings is 2. The van der Waals surface area contributed by atoms with Crippen molar-refractivity contribution in [2.75, 3.05) is 5.94 Å². The molecule has 2 aromatic carbocycles. The zero-order chi connectivity index (χ0) is 12.8. The summed E-state index contributed by atoms with van der Waals surface area (Å²) >= 11 is 1.56. The molecule has 4 heteroatoms. The van der Waals surface area contributed by atoms with Crippen molar-refractivity contribution in [3.8, 4) is 5.75 Å². The minimum atomic E-state index is -0.948. The predicted octanol–water partition coefficient (Wildman–Crippen LogP) is 3.51. The van der Waals surface area contributed by atoms with Crippen molar-refractivity contribution in [2.45, 2.75) is 4.90 Å². The summed E-state index contributed by atoms with van der Waals surface area (Å²) in [4.78, 5) is 11.9. The van der Waals surface area contributed by atoms with Gasteiger partial charge in [-0.05, 0) is 30.3 Å². The minimum absolute atomic E-state index is 0.234. The van der Waals surface area contributed by atoms with Gasteiger partial charge in [0, 0.05) is 4.90 Å². The van der Waals surface area contributed by atoms with Crippen molar-refractivity contribution < 1.29 is 14.6 Å². The van der Waals surface area contributed by atoms with E-state index in [4.69, 9.17) is 9.84 Å². The van der Waals surface area contributed by atoms with E-state index in [-0.39, 0.29) is 5.56 Å². The summed E-state index contributed by atoms with van der Waals surface area (Å²) < 4.78 is 5.50. The average Bonchev–Trinajstić information content (AvgIpc) is 2.40. The van der Waals surface area contributed by atoms with Crippen LogP contribution >= 0.6 is 11.8 Å². The van der Waals surface area contributed by atoms with Crippen molar-refractivity contribution in [1.29, 1.82) is 0 Å². The van der Waals surface area contributed by atoms with Gasteiger partial charge >= 0.3 is 5.97 Å². The van der Waals surface area contributed by atoms with Crippen molar-refractivity contribution >= 4 is 17.7 Å². The monoisotopic (exact) mass is 260 g/mol. The van der Waals surface area contributed by atoms with Crippen LogP contribution in [-0.4, -0.2) is 17.0 Å². The third-order valence-electron chi connectivity index (χ3n) is 2.28. The van der Waals surface area contributed by atoms with Crippen LogP contribution in [0.25, 0.3) is 0 Å². The first kappa shape index (κ1) is 12.5. The molecule has 1 N–H and O–H groups in total. The highest BCUT2D eigenvalue weighted by molar-refractivity contribution is 7.99. The van der Waals surface area contributed by atoms with E-state index in [2.05, 4.69) is 0 Å². The van der Waals surface area contributed by atoms with Gasteiger partial charge in [-0.1, -0.05) is 36.0 Å². The van der Waals surface area contributed by atoms with Gasteiger partial charge in [0.25, 0.3) is 0 Å². The molecule has 3 nitrogen and oxygen atoms in total. The molecular formula is C14H12O3S. The first-order chi connectivity index (χ1) is 8.75. The summed E-state index contributed by atoms with van der Waals surface area (Å²) in [5, 5.41) is 8.85. The number of carboxylic acids is 1. The summed E-state index contributed by atoms with van der Waals surface area (Å²) in [6, 6.07) is 16.4. The molecule has 0 bridgehead atoms. The van der Waals surface area contributed by atoms with E-state index in [1.807, 2.05) is 30.3 Å². The summed E-state index contributed by atoms with van der Waals surface area (Å²) in [5.74, 6) is 0.0714. The second-order valence-corrected chi connectivity index (χ2v) is 4.55. The number of carboxylic acid groups (broad SMARTS) is 1. The highest BCUT2D eigenvalue weighted by atomic mass is 32.2. The Balaban J connectivity index is 1.90. The molecule has 2 rings (SSSR count). The SMILES string of the molecule is O=C(O)c1cccc(OCSc2ccccc2)c1. The van der Waals surface area contributed by atoms with Gasteiger partial charge in [0.1, 0.15) is 11.7 Å². The molecule has 0 spiro atoms. The van der Waals surface area contributed by atoms with Crippen LogP contribution in [0.2, 0.25) is 0 Å². The van der Waals surface area contributed by atoms with Gasteiger partial charge in [-0.3, -0.25) is 0 Å². The second-order valence-electron chi connectivity index (χ2n) is 3.55. The maximum atomic E-state index is 10.8. The summed E-state index contributed by atoms with van der Waals surface area (Å²) in [7, 11) is 0. The van der Waals surface area contributed by atoms with E-state index in [0.717, 1.165) is 4.90 Å². The zero-order valence-electron chi connectivity index (χ0n) is 9.58. The molecule has 0 aliphatic carbocycles. The molecule has 0 saturated carbocycles. The molecule has 0 heterocycles. The van der Waals surface area contributed by atoms with Crippen LogP contribution in [0.4, 0.5) is 0 Å². The molecule has 0 amide bonds. The average molecular weight is 260 g/mol. The molecule has 0 atom stereocenters. The summed E-state index contributed by atoms with van der Waals surface area (Å²) in [6.45, 7) is 0. The molecule has 0 saturated heterocycles. The number of carbonyl (C=O) groups is 1. The van der Waals surface area contributed by atoms with E-state index >= 15 is 0 Å². The number of ether oxygens (including phenoxy) is 1. The van der Waals surface area contributed by atoms with E-state index in [0.29, 0.717) is 11.7 Å². The predicted molar refractivity (Wildman–Crippen MR) is 71.2 cm³/mol. The van der Waals surface area contributed by atoms with E-state index in [1.165, 1.54) is 6.07 Å². The molecule has 92 valence electrons. The highest BCUT2D eigenvalue weighted by Crippen LogP contribution is 2.20. The lowest BCUT2D eigenvalue weighted by molar-refractivity contribution is 0.0696. The first-order valence-electron chi connectivity index (χ1n) is 5.40. The second kappa shape index (κ2) is 6.12. The summed E-state index contributed by atoms with van der Waals surface area (Å²) in [6.07, 6.45) is 0. The van der Waals surface area contributed by atoms with E-state index < -0.39 is 5.97 Å². The van der Waals surface area contributed by atoms with Gasteiger partial charge in [-0.2, -0.15) is 0 Å². The Labute approximate surface area is 109 Å². The van der Waals surface area contributed by atoms with Gasteiger partial charge in [0.2, 0.25) is 0 Å². The van der Waals surface area contributed by atoms with Gasteiger partial charge in [-0.15, -0.1) is 0 Å². The largest absolute Gasteiger partial charge is 0.483 e. The number of thioether (sulfide) groups is 1. The molecule has 0 aliphatic rings. The third-order valence-corrected chi connectivity index (χ3v) is 3.12. The van der Waals surface area contributed by atoms with Crippen LogP contribution in [0.1, 0.15) is 10.4 Å². The zero-order valence-corrected chi connectivity index (χ0v) is 10.4. The molecule has 18 heavy (non-hydrogen) atoms. The van der Waals surface area contributed by atoms with E-state index in [9.17, 15) is 4.79 Å². The summed E-state index contributed by atoms with van der Waals surface area (Å²) in [5.41, 5.74) is 0.234. The Hall–Kier alpha value is -1.94. The lowest BCUT2D eigenvalue weighted by atomic mass is 10.2. The van der Waals surface area contributed by atoms with Crippen LogP contribution in [0.5, 0.6) is 5.75 Å². The molecule has 0 unspecified atom stereocenters. The Morgan fingerprint density at radius 3 is 2.61 bits per heavy atom. The Kier molecular flexibility index (Phi) is 4.25. The Bertz CT molecular complexity index is 526. The van der Waals surface area contributed by atoms with Crippen LogP contribution in [0.3, 0.4) is 0 Å². The topological polar surface area (TPSA) is 46.5 Å². The van der Waals surface area contributed by atoms with Crippen LogP contribution in [0.15, 0.2) is 59.5 Å². The van der Waals surface area contributed by atoms with Crippen LogP contribution < -0.4 is 4.74 Å². The minimum Gasteiger partial charge on any atom is -0.483 e.